The number of aromatic amines is 1. The molecule has 1 aliphatic rings. The van der Waals surface area contributed by atoms with Crippen LogP contribution in [-0.4, -0.2) is 4.98 Å². The third-order valence-corrected chi connectivity index (χ3v) is 4.94. The summed E-state index contributed by atoms with van der Waals surface area (Å²) in [6, 6.07) is 23.1. The summed E-state index contributed by atoms with van der Waals surface area (Å²) in [4.78, 5) is 3.45. The molecule has 3 aromatic carbocycles. The van der Waals surface area contributed by atoms with Gasteiger partial charge in [0.05, 0.1) is 0 Å². The normalized spacial score (nSPS) is 13.4. The first kappa shape index (κ1) is 13.4. The van der Waals surface area contributed by atoms with E-state index in [4.69, 9.17) is 4.74 Å². The molecule has 2 heteroatoms. The van der Waals surface area contributed by atoms with Crippen molar-refractivity contribution in [3.8, 4) is 11.5 Å². The van der Waals surface area contributed by atoms with Gasteiger partial charge in [-0.25, -0.2) is 0 Å². The zero-order chi connectivity index (χ0) is 16.1. The van der Waals surface area contributed by atoms with Crippen molar-refractivity contribution in [1.82, 2.24) is 4.98 Å². The summed E-state index contributed by atoms with van der Waals surface area (Å²) in [5.74, 6) is 2.08. The van der Waals surface area contributed by atoms with Crippen LogP contribution in [0.5, 0.6) is 11.5 Å². The predicted octanol–water partition coefficient (Wildman–Crippen LogP) is 5.76. The number of aromatic nitrogens is 1. The fraction of sp³-hybridized carbons (Fsp3) is 0.0909. The molecule has 1 aliphatic heterocycles. The summed E-state index contributed by atoms with van der Waals surface area (Å²) in [5, 5.41) is 1.31. The first-order valence-corrected chi connectivity index (χ1v) is 8.25. The minimum atomic E-state index is 0.181. The zero-order valence-electron chi connectivity index (χ0n) is 13.4. The van der Waals surface area contributed by atoms with E-state index in [1.165, 1.54) is 33.2 Å². The first-order chi connectivity index (χ1) is 11.8. The van der Waals surface area contributed by atoms with Crippen LogP contribution in [0, 0.1) is 6.92 Å². The Morgan fingerprint density at radius 2 is 1.42 bits per heavy atom. The Labute approximate surface area is 140 Å². The fourth-order valence-corrected chi connectivity index (χ4v) is 3.87. The van der Waals surface area contributed by atoms with Gasteiger partial charge in [-0.1, -0.05) is 48.5 Å². The van der Waals surface area contributed by atoms with Gasteiger partial charge in [-0.05, 0) is 36.2 Å². The van der Waals surface area contributed by atoms with Gasteiger partial charge >= 0.3 is 0 Å². The van der Waals surface area contributed by atoms with Gasteiger partial charge in [0.1, 0.15) is 11.5 Å². The Hall–Kier alpha value is -3.00. The lowest BCUT2D eigenvalue weighted by Gasteiger charge is -2.28. The zero-order valence-corrected chi connectivity index (χ0v) is 13.4. The van der Waals surface area contributed by atoms with Crippen LogP contribution in [0.25, 0.3) is 10.9 Å². The van der Waals surface area contributed by atoms with Gasteiger partial charge in [-0.2, -0.15) is 0 Å². The number of hydrogen-bond donors (Lipinski definition) is 1. The van der Waals surface area contributed by atoms with E-state index in [-0.39, 0.29) is 5.92 Å². The Bertz CT molecular complexity index is 1010. The van der Waals surface area contributed by atoms with Gasteiger partial charge in [-0.3, -0.25) is 0 Å². The lowest BCUT2D eigenvalue weighted by atomic mass is 9.82. The monoisotopic (exact) mass is 311 g/mol. The minimum absolute atomic E-state index is 0.181. The topological polar surface area (TPSA) is 25.0 Å². The number of rotatable bonds is 1. The third kappa shape index (κ3) is 1.83. The van der Waals surface area contributed by atoms with Crippen molar-refractivity contribution in [2.24, 2.45) is 0 Å². The van der Waals surface area contributed by atoms with Crippen molar-refractivity contribution >= 4 is 10.9 Å². The second kappa shape index (κ2) is 5.00. The Kier molecular flexibility index (Phi) is 2.80. The number of fused-ring (bicyclic) bond motifs is 3. The summed E-state index contributed by atoms with van der Waals surface area (Å²) < 4.78 is 6.14. The highest BCUT2D eigenvalue weighted by Gasteiger charge is 2.30. The number of aryl methyl sites for hydroxylation is 1. The molecule has 5 rings (SSSR count). The Balaban J connectivity index is 1.84. The average Bonchev–Trinajstić information content (AvgIpc) is 3.05. The summed E-state index contributed by atoms with van der Waals surface area (Å²) in [6.45, 7) is 2.18. The lowest BCUT2D eigenvalue weighted by Crippen LogP contribution is -2.11. The van der Waals surface area contributed by atoms with Gasteiger partial charge in [0.2, 0.25) is 0 Å². The van der Waals surface area contributed by atoms with Crippen molar-refractivity contribution in [2.75, 3.05) is 0 Å². The van der Waals surface area contributed by atoms with Crippen molar-refractivity contribution in [2.45, 2.75) is 12.8 Å². The maximum atomic E-state index is 6.14. The quantitative estimate of drug-likeness (QED) is 0.418. The second-order valence-electron chi connectivity index (χ2n) is 6.35. The van der Waals surface area contributed by atoms with E-state index in [1.54, 1.807) is 0 Å². The smallest absolute Gasteiger partial charge is 0.131 e. The van der Waals surface area contributed by atoms with E-state index in [1.807, 2.05) is 12.1 Å². The number of H-pyrrole nitrogens is 1. The summed E-state index contributed by atoms with van der Waals surface area (Å²) >= 11 is 0. The number of hydrogen-bond acceptors (Lipinski definition) is 1. The first-order valence-electron chi connectivity index (χ1n) is 8.25. The summed E-state index contributed by atoms with van der Waals surface area (Å²) in [6.07, 6.45) is 2.15. The predicted molar refractivity (Wildman–Crippen MR) is 96.9 cm³/mol. The molecular formula is C22H17NO. The molecule has 0 fully saturated rings. The summed E-state index contributed by atoms with van der Waals surface area (Å²) in [5.41, 5.74) is 6.24. The molecule has 0 amide bonds. The van der Waals surface area contributed by atoms with Crippen LogP contribution in [0.2, 0.25) is 0 Å². The van der Waals surface area contributed by atoms with E-state index in [2.05, 4.69) is 72.7 Å². The highest BCUT2D eigenvalue weighted by molar-refractivity contribution is 5.88. The van der Waals surface area contributed by atoms with Crippen LogP contribution < -0.4 is 4.74 Å². The molecule has 0 saturated carbocycles. The van der Waals surface area contributed by atoms with Crippen molar-refractivity contribution in [3.05, 3.63) is 95.2 Å². The standard InChI is InChI=1S/C22H17NO/c1-14-7-6-10-18-21(14)17(13-23-18)22-15-8-2-4-11-19(15)24-20-12-5-3-9-16(20)22/h2-13,22-23H,1H3. The van der Waals surface area contributed by atoms with Crippen LogP contribution in [0.3, 0.4) is 0 Å². The highest BCUT2D eigenvalue weighted by atomic mass is 16.5. The Morgan fingerprint density at radius 1 is 0.750 bits per heavy atom. The third-order valence-electron chi connectivity index (χ3n) is 4.94. The van der Waals surface area contributed by atoms with Crippen molar-refractivity contribution < 1.29 is 4.74 Å². The average molecular weight is 311 g/mol. The van der Waals surface area contributed by atoms with Crippen LogP contribution in [0.4, 0.5) is 0 Å². The maximum Gasteiger partial charge on any atom is 0.131 e. The molecule has 2 heterocycles. The molecule has 0 radical (unpaired) electrons. The molecule has 0 unspecified atom stereocenters. The van der Waals surface area contributed by atoms with Crippen LogP contribution in [-0.2, 0) is 0 Å². The van der Waals surface area contributed by atoms with E-state index >= 15 is 0 Å². The largest absolute Gasteiger partial charge is 0.457 e. The molecule has 24 heavy (non-hydrogen) atoms. The van der Waals surface area contributed by atoms with Gasteiger partial charge in [0.25, 0.3) is 0 Å². The van der Waals surface area contributed by atoms with Gasteiger partial charge in [0.15, 0.2) is 0 Å². The molecule has 4 aromatic rings. The minimum Gasteiger partial charge on any atom is -0.457 e. The van der Waals surface area contributed by atoms with E-state index in [9.17, 15) is 0 Å². The Morgan fingerprint density at radius 3 is 2.12 bits per heavy atom. The van der Waals surface area contributed by atoms with E-state index < -0.39 is 0 Å². The van der Waals surface area contributed by atoms with Crippen molar-refractivity contribution in [3.63, 3.8) is 0 Å². The molecule has 1 aromatic heterocycles. The molecule has 2 nitrogen and oxygen atoms in total. The SMILES string of the molecule is Cc1cccc2[nH]cc(C3c4ccccc4Oc4ccccc43)c12. The fourth-order valence-electron chi connectivity index (χ4n) is 3.87. The summed E-state index contributed by atoms with van der Waals surface area (Å²) in [7, 11) is 0. The van der Waals surface area contributed by atoms with Crippen LogP contribution >= 0.6 is 0 Å². The second-order valence-corrected chi connectivity index (χ2v) is 6.35. The number of para-hydroxylation sites is 2. The van der Waals surface area contributed by atoms with Crippen LogP contribution in [0.1, 0.15) is 28.2 Å². The van der Waals surface area contributed by atoms with E-state index in [0.29, 0.717) is 0 Å². The molecule has 116 valence electrons. The molecule has 0 bridgehead atoms. The van der Waals surface area contributed by atoms with Gasteiger partial charge < -0.3 is 9.72 Å². The molecule has 1 N–H and O–H groups in total. The van der Waals surface area contributed by atoms with E-state index in [0.717, 1.165) is 11.5 Å². The molecule has 0 atom stereocenters. The lowest BCUT2D eigenvalue weighted by molar-refractivity contribution is 0.453. The maximum absolute atomic E-state index is 6.14. The molecule has 0 aliphatic carbocycles. The highest BCUT2D eigenvalue weighted by Crippen LogP contribution is 2.48. The van der Waals surface area contributed by atoms with Crippen LogP contribution in [0.15, 0.2) is 72.9 Å². The number of ether oxygens (including phenoxy) is 1. The van der Waals surface area contributed by atoms with Gasteiger partial charge in [-0.15, -0.1) is 0 Å². The van der Waals surface area contributed by atoms with Crippen molar-refractivity contribution in [1.29, 1.82) is 0 Å². The number of nitrogens with one attached hydrogen (secondary N) is 1. The molecule has 0 spiro atoms. The number of benzene rings is 3. The molecular weight excluding hydrogens is 294 g/mol. The molecule has 0 saturated heterocycles. The van der Waals surface area contributed by atoms with Gasteiger partial charge in [0, 0.05) is 34.1 Å².